The van der Waals surface area contributed by atoms with Crippen LogP contribution in [0.2, 0.25) is 5.02 Å². The van der Waals surface area contributed by atoms with Crippen molar-refractivity contribution in [2.45, 2.75) is 54.7 Å². The number of thioether (sulfide) groups is 1. The average molecular weight is 323 g/mol. The number of hydrogen-bond donors (Lipinski definition) is 1. The molecule has 1 saturated carbocycles. The Labute approximate surface area is 135 Å². The molecule has 1 fully saturated rings. The summed E-state index contributed by atoms with van der Waals surface area (Å²) < 4.78 is 0. The lowest BCUT2D eigenvalue weighted by molar-refractivity contribution is -0.121. The van der Waals surface area contributed by atoms with Crippen LogP contribution in [0.3, 0.4) is 0 Å². The van der Waals surface area contributed by atoms with E-state index in [1.165, 1.54) is 11.8 Å². The van der Waals surface area contributed by atoms with Crippen molar-refractivity contribution in [3.63, 3.8) is 0 Å². The summed E-state index contributed by atoms with van der Waals surface area (Å²) in [5.74, 6) is -0.0941. The minimum absolute atomic E-state index is 0.0941. The maximum Gasteiger partial charge on any atom is 0.234 e. The van der Waals surface area contributed by atoms with Crippen LogP contribution in [0.5, 0.6) is 0 Å². The molecule has 3 nitrogen and oxygen atoms in total. The topological polar surface area (TPSA) is 52.9 Å². The number of halogens is 1. The summed E-state index contributed by atoms with van der Waals surface area (Å²) in [5, 5.41) is 12.7. The molecule has 5 heteroatoms. The third kappa shape index (κ3) is 4.15. The van der Waals surface area contributed by atoms with Crippen LogP contribution >= 0.6 is 23.4 Å². The van der Waals surface area contributed by atoms with Crippen LogP contribution in [0.4, 0.5) is 0 Å². The first kappa shape index (κ1) is 16.2. The molecule has 1 aromatic rings. The Morgan fingerprint density at radius 3 is 2.67 bits per heavy atom. The number of benzene rings is 1. The summed E-state index contributed by atoms with van der Waals surface area (Å²) in [7, 11) is 0. The minimum atomic E-state index is -0.676. The second-order valence-corrected chi connectivity index (χ2v) is 7.22. The largest absolute Gasteiger partial charge is 0.337 e. The fraction of sp³-hybridized carbons (Fsp3) is 0.500. The van der Waals surface area contributed by atoms with Gasteiger partial charge in [-0.25, -0.2) is 0 Å². The normalized spacial score (nSPS) is 18.5. The van der Waals surface area contributed by atoms with Crippen molar-refractivity contribution >= 4 is 29.3 Å². The second kappa shape index (κ2) is 7.20. The number of rotatable bonds is 4. The summed E-state index contributed by atoms with van der Waals surface area (Å²) >= 11 is 7.54. The average Bonchev–Trinajstić information content (AvgIpc) is 2.50. The zero-order valence-corrected chi connectivity index (χ0v) is 13.6. The highest BCUT2D eigenvalue weighted by Gasteiger charge is 2.34. The lowest BCUT2D eigenvalue weighted by Gasteiger charge is -2.32. The Morgan fingerprint density at radius 2 is 2.05 bits per heavy atom. The number of nitriles is 1. The molecule has 112 valence electrons. The molecule has 2 rings (SSSR count). The summed E-state index contributed by atoms with van der Waals surface area (Å²) in [6.07, 6.45) is 4.64. The Morgan fingerprint density at radius 1 is 1.38 bits per heavy atom. The molecule has 21 heavy (non-hydrogen) atoms. The van der Waals surface area contributed by atoms with E-state index in [-0.39, 0.29) is 11.2 Å². The second-order valence-electron chi connectivity index (χ2n) is 5.43. The highest BCUT2D eigenvalue weighted by Crippen LogP contribution is 2.32. The molecule has 1 aliphatic carbocycles. The summed E-state index contributed by atoms with van der Waals surface area (Å²) in [6.45, 7) is 1.84. The van der Waals surface area contributed by atoms with E-state index in [4.69, 9.17) is 11.6 Å². The molecule has 0 bridgehead atoms. The fourth-order valence-corrected chi connectivity index (χ4v) is 3.70. The molecule has 1 N–H and O–H groups in total. The van der Waals surface area contributed by atoms with E-state index in [2.05, 4.69) is 11.4 Å². The Kier molecular flexibility index (Phi) is 5.55. The van der Waals surface area contributed by atoms with Crippen LogP contribution < -0.4 is 5.32 Å². The van der Waals surface area contributed by atoms with Crippen molar-refractivity contribution in [1.82, 2.24) is 5.32 Å². The van der Waals surface area contributed by atoms with Crippen LogP contribution in [-0.2, 0) is 4.79 Å². The lowest BCUT2D eigenvalue weighted by Crippen LogP contribution is -2.50. The van der Waals surface area contributed by atoms with E-state index in [1.54, 1.807) is 0 Å². The number of nitrogens with one attached hydrogen (secondary N) is 1. The SMILES string of the molecule is C[C@H](Sc1ccccc1Cl)C(=O)NC1(C#N)CCCCC1. The van der Waals surface area contributed by atoms with E-state index in [1.807, 2.05) is 31.2 Å². The zero-order valence-electron chi connectivity index (χ0n) is 12.1. The number of carbonyl (C=O) groups excluding carboxylic acids is 1. The molecule has 1 atom stereocenters. The van der Waals surface area contributed by atoms with Gasteiger partial charge in [-0.15, -0.1) is 11.8 Å². The summed E-state index contributed by atoms with van der Waals surface area (Å²) in [5.41, 5.74) is -0.676. The number of carbonyl (C=O) groups is 1. The van der Waals surface area contributed by atoms with Gasteiger partial charge >= 0.3 is 0 Å². The quantitative estimate of drug-likeness (QED) is 0.847. The fourth-order valence-electron chi connectivity index (χ4n) is 2.54. The molecule has 0 saturated heterocycles. The number of hydrogen-bond acceptors (Lipinski definition) is 3. The van der Waals surface area contributed by atoms with Gasteiger partial charge < -0.3 is 5.32 Å². The first-order valence-electron chi connectivity index (χ1n) is 7.21. The van der Waals surface area contributed by atoms with Gasteiger partial charge in [0.15, 0.2) is 0 Å². The summed E-state index contributed by atoms with van der Waals surface area (Å²) in [4.78, 5) is 13.3. The number of nitrogens with zero attached hydrogens (tertiary/aromatic N) is 1. The summed E-state index contributed by atoms with van der Waals surface area (Å²) in [6, 6.07) is 9.79. The van der Waals surface area contributed by atoms with Crippen molar-refractivity contribution in [2.24, 2.45) is 0 Å². The number of amides is 1. The standard InChI is InChI=1S/C16H19ClN2OS/c1-12(21-14-8-4-3-7-13(14)17)15(20)19-16(11-18)9-5-2-6-10-16/h3-4,7-8,12H,2,5-6,9-10H2,1H3,(H,19,20)/t12-/m0/s1. The smallest absolute Gasteiger partial charge is 0.234 e. The highest BCUT2D eigenvalue weighted by atomic mass is 35.5. The van der Waals surface area contributed by atoms with Gasteiger partial charge in [0, 0.05) is 4.90 Å². The maximum atomic E-state index is 12.4. The molecular weight excluding hydrogens is 304 g/mol. The van der Waals surface area contributed by atoms with Crippen molar-refractivity contribution in [3.05, 3.63) is 29.3 Å². The van der Waals surface area contributed by atoms with Crippen LogP contribution in [-0.4, -0.2) is 16.7 Å². The maximum absolute atomic E-state index is 12.4. The monoisotopic (exact) mass is 322 g/mol. The van der Waals surface area contributed by atoms with E-state index < -0.39 is 5.54 Å². The predicted molar refractivity (Wildman–Crippen MR) is 86.3 cm³/mol. The van der Waals surface area contributed by atoms with Crippen molar-refractivity contribution in [1.29, 1.82) is 5.26 Å². The first-order chi connectivity index (χ1) is 10.1. The molecule has 0 unspecified atom stereocenters. The minimum Gasteiger partial charge on any atom is -0.337 e. The molecular formula is C16H19ClN2OS. The van der Waals surface area contributed by atoms with Gasteiger partial charge in [0.05, 0.1) is 16.3 Å². The van der Waals surface area contributed by atoms with Crippen molar-refractivity contribution in [3.8, 4) is 6.07 Å². The molecule has 1 aliphatic rings. The molecule has 0 aliphatic heterocycles. The molecule has 1 amide bonds. The molecule has 0 spiro atoms. The van der Waals surface area contributed by atoms with Crippen LogP contribution in [0.1, 0.15) is 39.0 Å². The first-order valence-corrected chi connectivity index (χ1v) is 8.46. The Bertz CT molecular complexity index is 549. The van der Waals surface area contributed by atoms with Gasteiger partial charge in [-0.3, -0.25) is 4.79 Å². The van der Waals surface area contributed by atoms with E-state index in [0.29, 0.717) is 5.02 Å². The third-order valence-electron chi connectivity index (χ3n) is 3.79. The lowest BCUT2D eigenvalue weighted by atomic mass is 9.83. The Balaban J connectivity index is 1.99. The van der Waals surface area contributed by atoms with Gasteiger partial charge in [-0.2, -0.15) is 5.26 Å². The van der Waals surface area contributed by atoms with Gasteiger partial charge in [0.25, 0.3) is 0 Å². The van der Waals surface area contributed by atoms with Crippen LogP contribution in [0.15, 0.2) is 29.2 Å². The van der Waals surface area contributed by atoms with E-state index in [0.717, 1.165) is 37.0 Å². The molecule has 1 aromatic carbocycles. The molecule has 0 aromatic heterocycles. The van der Waals surface area contributed by atoms with E-state index >= 15 is 0 Å². The zero-order chi connectivity index (χ0) is 15.3. The molecule has 0 radical (unpaired) electrons. The highest BCUT2D eigenvalue weighted by molar-refractivity contribution is 8.00. The van der Waals surface area contributed by atoms with Gasteiger partial charge in [-0.1, -0.05) is 43.0 Å². The van der Waals surface area contributed by atoms with Gasteiger partial charge in [-0.05, 0) is 31.9 Å². The van der Waals surface area contributed by atoms with Gasteiger partial charge in [0.1, 0.15) is 5.54 Å². The van der Waals surface area contributed by atoms with Gasteiger partial charge in [0.2, 0.25) is 5.91 Å². The van der Waals surface area contributed by atoms with Crippen molar-refractivity contribution < 1.29 is 4.79 Å². The predicted octanol–water partition coefficient (Wildman–Crippen LogP) is 4.16. The van der Waals surface area contributed by atoms with Crippen LogP contribution in [0.25, 0.3) is 0 Å². The van der Waals surface area contributed by atoms with E-state index in [9.17, 15) is 10.1 Å². The third-order valence-corrected chi connectivity index (χ3v) is 5.41. The Hall–Kier alpha value is -1.18. The van der Waals surface area contributed by atoms with Crippen molar-refractivity contribution in [2.75, 3.05) is 0 Å². The molecule has 0 heterocycles. The van der Waals surface area contributed by atoms with Crippen LogP contribution in [0, 0.1) is 11.3 Å².